The van der Waals surface area contributed by atoms with E-state index in [1.54, 1.807) is 17.3 Å². The van der Waals surface area contributed by atoms with E-state index < -0.39 is 0 Å². The highest BCUT2D eigenvalue weighted by Crippen LogP contribution is 2.40. The number of fused-ring (bicyclic) bond motifs is 4. The minimum absolute atomic E-state index is 0.888. The molecule has 0 fully saturated rings. The molecule has 2 nitrogen and oxygen atoms in total. The molecule has 0 aromatic heterocycles. The van der Waals surface area contributed by atoms with Crippen molar-refractivity contribution in [1.82, 2.24) is 0 Å². The summed E-state index contributed by atoms with van der Waals surface area (Å²) < 4.78 is 0. The first-order valence-corrected chi connectivity index (χ1v) is 9.68. The number of allylic oxidation sites excluding steroid dienone is 4. The summed E-state index contributed by atoms with van der Waals surface area (Å²) in [4.78, 5) is 3.92. The number of nitrogens with zero attached hydrogens (tertiary/aromatic N) is 1. The fraction of sp³-hybridized carbons (Fsp3) is 0.286. The van der Waals surface area contributed by atoms with Gasteiger partial charge in [-0.3, -0.25) is 4.99 Å². The second-order valence-corrected chi connectivity index (χ2v) is 7.33. The van der Waals surface area contributed by atoms with Gasteiger partial charge in [0, 0.05) is 23.4 Å². The predicted molar refractivity (Wildman–Crippen MR) is 108 cm³/mol. The van der Waals surface area contributed by atoms with E-state index in [2.05, 4.69) is 41.4 Å². The van der Waals surface area contributed by atoms with E-state index in [4.69, 9.17) is 5.73 Å². The lowest BCUT2D eigenvalue weighted by Gasteiger charge is -2.25. The first kappa shape index (κ1) is 15.5. The van der Waals surface area contributed by atoms with Crippen molar-refractivity contribution in [2.24, 2.45) is 4.99 Å². The molecule has 1 heterocycles. The summed E-state index contributed by atoms with van der Waals surface area (Å²) in [6.07, 6.45) is 9.42. The van der Waals surface area contributed by atoms with Crippen molar-refractivity contribution in [3.63, 3.8) is 0 Å². The van der Waals surface area contributed by atoms with Crippen LogP contribution < -0.4 is 5.73 Å². The number of hydrogen-bond acceptors (Lipinski definition) is 3. The fourth-order valence-electron chi connectivity index (χ4n) is 3.76. The monoisotopic (exact) mass is 334 g/mol. The van der Waals surface area contributed by atoms with Crippen molar-refractivity contribution in [3.8, 4) is 0 Å². The van der Waals surface area contributed by atoms with Crippen molar-refractivity contribution < 1.29 is 0 Å². The SMILES string of the molecule is C1=NCCS1.Nc1cccc2c3c(ccc12)C1=C(CCC=C1)CC3. The Morgan fingerprint density at radius 1 is 1.00 bits per heavy atom. The molecule has 0 amide bonds. The van der Waals surface area contributed by atoms with Crippen molar-refractivity contribution >= 4 is 39.3 Å². The number of nitrogens with two attached hydrogens (primary N) is 1. The number of benzene rings is 2. The van der Waals surface area contributed by atoms with Crippen LogP contribution in [0.25, 0.3) is 16.3 Å². The van der Waals surface area contributed by atoms with Crippen LogP contribution in [0.4, 0.5) is 5.69 Å². The van der Waals surface area contributed by atoms with Crippen LogP contribution in [0.1, 0.15) is 30.4 Å². The van der Waals surface area contributed by atoms with Gasteiger partial charge in [-0.05, 0) is 53.8 Å². The van der Waals surface area contributed by atoms with Gasteiger partial charge >= 0.3 is 0 Å². The average molecular weight is 334 g/mol. The zero-order chi connectivity index (χ0) is 16.4. The Morgan fingerprint density at radius 2 is 1.96 bits per heavy atom. The normalized spacial score (nSPS) is 18.2. The van der Waals surface area contributed by atoms with Gasteiger partial charge in [0.1, 0.15) is 0 Å². The molecule has 0 spiro atoms. The zero-order valence-corrected chi connectivity index (χ0v) is 14.6. The van der Waals surface area contributed by atoms with Gasteiger partial charge in [-0.1, -0.05) is 42.0 Å². The molecule has 2 aromatic carbocycles. The molecule has 1 aliphatic heterocycles. The Kier molecular flexibility index (Phi) is 4.44. The molecule has 0 bridgehead atoms. The summed E-state index contributed by atoms with van der Waals surface area (Å²) >= 11 is 1.78. The third-order valence-corrected chi connectivity index (χ3v) is 5.66. The lowest BCUT2D eigenvalue weighted by molar-refractivity contribution is 0.831. The maximum atomic E-state index is 6.10. The number of hydrogen-bond donors (Lipinski definition) is 1. The Hall–Kier alpha value is -2.00. The third kappa shape index (κ3) is 2.89. The molecule has 24 heavy (non-hydrogen) atoms. The molecule has 2 aliphatic carbocycles. The minimum atomic E-state index is 0.888. The van der Waals surface area contributed by atoms with Crippen LogP contribution in [0.5, 0.6) is 0 Å². The molecule has 0 saturated carbocycles. The number of nitrogen functional groups attached to an aromatic ring is 1. The molecule has 2 N–H and O–H groups in total. The van der Waals surface area contributed by atoms with Gasteiger partial charge in [0.25, 0.3) is 0 Å². The van der Waals surface area contributed by atoms with E-state index in [-0.39, 0.29) is 0 Å². The van der Waals surface area contributed by atoms with Crippen LogP contribution >= 0.6 is 11.8 Å². The van der Waals surface area contributed by atoms with Gasteiger partial charge in [0.15, 0.2) is 0 Å². The maximum Gasteiger partial charge on any atom is 0.0542 e. The highest BCUT2D eigenvalue weighted by atomic mass is 32.2. The van der Waals surface area contributed by atoms with E-state index in [1.807, 2.05) is 11.6 Å². The van der Waals surface area contributed by atoms with Gasteiger partial charge in [0.2, 0.25) is 0 Å². The topological polar surface area (TPSA) is 38.4 Å². The standard InChI is InChI=1S/C18H17N.C3H5NS/c19-18-7-3-6-14-16-9-8-12-4-1-2-5-13(12)15(16)10-11-17(14)18;1-2-5-3-4-1/h2-3,5-7,10-11H,1,4,8-9,19H2;3H,1-2H2. The number of aryl methyl sites for hydroxylation is 1. The quantitative estimate of drug-likeness (QED) is 0.670. The largest absolute Gasteiger partial charge is 0.398 e. The molecular formula is C21H22N2S. The average Bonchev–Trinajstić information content (AvgIpc) is 3.21. The van der Waals surface area contributed by atoms with Crippen molar-refractivity contribution in [2.45, 2.75) is 25.7 Å². The zero-order valence-electron chi connectivity index (χ0n) is 13.8. The summed E-state index contributed by atoms with van der Waals surface area (Å²) in [5.74, 6) is 1.19. The maximum absolute atomic E-state index is 6.10. The molecule has 3 heteroatoms. The predicted octanol–water partition coefficient (Wildman–Crippen LogP) is 5.23. The first-order chi connectivity index (χ1) is 11.8. The molecule has 2 aromatic rings. The third-order valence-electron chi connectivity index (χ3n) is 4.94. The van der Waals surface area contributed by atoms with Gasteiger partial charge in [-0.25, -0.2) is 0 Å². The molecule has 0 radical (unpaired) electrons. The minimum Gasteiger partial charge on any atom is -0.398 e. The lowest BCUT2D eigenvalue weighted by atomic mass is 9.79. The molecular weight excluding hydrogens is 312 g/mol. The summed E-state index contributed by atoms with van der Waals surface area (Å²) in [5, 5.41) is 2.54. The van der Waals surface area contributed by atoms with Gasteiger partial charge < -0.3 is 5.73 Å². The fourth-order valence-corrected chi connectivity index (χ4v) is 4.28. The number of thioether (sulfide) groups is 1. The summed E-state index contributed by atoms with van der Waals surface area (Å²) in [6, 6.07) is 10.7. The van der Waals surface area contributed by atoms with Gasteiger partial charge in [-0.2, -0.15) is 0 Å². The molecule has 3 aliphatic rings. The van der Waals surface area contributed by atoms with E-state index in [9.17, 15) is 0 Å². The second kappa shape index (κ2) is 6.86. The van der Waals surface area contributed by atoms with Crippen molar-refractivity contribution in [1.29, 1.82) is 0 Å². The van der Waals surface area contributed by atoms with Crippen LogP contribution in [-0.2, 0) is 6.42 Å². The van der Waals surface area contributed by atoms with Crippen LogP contribution in [-0.4, -0.2) is 17.8 Å². The molecule has 5 rings (SSSR count). The van der Waals surface area contributed by atoms with Crippen LogP contribution in [0.3, 0.4) is 0 Å². The summed E-state index contributed by atoms with van der Waals surface area (Å²) in [7, 11) is 0. The van der Waals surface area contributed by atoms with E-state index in [0.717, 1.165) is 18.7 Å². The van der Waals surface area contributed by atoms with Gasteiger partial charge in [-0.15, -0.1) is 11.8 Å². The molecule has 0 saturated heterocycles. The highest BCUT2D eigenvalue weighted by molar-refractivity contribution is 8.12. The van der Waals surface area contributed by atoms with Crippen molar-refractivity contribution in [3.05, 3.63) is 59.2 Å². The number of rotatable bonds is 0. The first-order valence-electron chi connectivity index (χ1n) is 8.63. The smallest absolute Gasteiger partial charge is 0.0542 e. The van der Waals surface area contributed by atoms with Crippen LogP contribution in [0.2, 0.25) is 0 Å². The summed E-state index contributed by atoms with van der Waals surface area (Å²) in [5.41, 5.74) is 14.9. The van der Waals surface area contributed by atoms with Crippen LogP contribution in [0, 0.1) is 0 Å². The molecule has 0 unspecified atom stereocenters. The molecule has 122 valence electrons. The molecule has 0 atom stereocenters. The van der Waals surface area contributed by atoms with E-state index in [0.29, 0.717) is 0 Å². The number of aliphatic imine (C=N–C) groups is 1. The summed E-state index contributed by atoms with van der Waals surface area (Å²) in [6.45, 7) is 1.03. The van der Waals surface area contributed by atoms with E-state index >= 15 is 0 Å². The Balaban J connectivity index is 0.000000252. The van der Waals surface area contributed by atoms with Crippen molar-refractivity contribution in [2.75, 3.05) is 18.0 Å². The van der Waals surface area contributed by atoms with Crippen LogP contribution in [0.15, 0.2) is 53.0 Å². The Labute approximate surface area is 147 Å². The Bertz CT molecular complexity index is 856. The highest BCUT2D eigenvalue weighted by Gasteiger charge is 2.20. The second-order valence-electron chi connectivity index (χ2n) is 6.37. The number of anilines is 1. The van der Waals surface area contributed by atoms with E-state index in [1.165, 1.54) is 52.5 Å². The Morgan fingerprint density at radius 3 is 2.75 bits per heavy atom. The lowest BCUT2D eigenvalue weighted by Crippen LogP contribution is -2.07. The van der Waals surface area contributed by atoms with Gasteiger partial charge in [0.05, 0.1) is 5.55 Å².